The molecule has 0 saturated heterocycles. The van der Waals surface area contributed by atoms with E-state index in [9.17, 15) is 4.79 Å². The van der Waals surface area contributed by atoms with Gasteiger partial charge < -0.3 is 10.1 Å². The SMILES string of the molecule is Cc1nc(C(=O)O)c(-c2cccs2)[nH]1. The first-order valence-electron chi connectivity index (χ1n) is 4.02. The standard InChI is InChI=1S/C9H8N2O2S/c1-5-10-7(6-3-2-4-14-6)8(11-5)9(12)13/h2-4H,1H3,(H,10,11)(H,12,13). The molecule has 0 fully saturated rings. The van der Waals surface area contributed by atoms with Gasteiger partial charge in [-0.1, -0.05) is 6.07 Å². The van der Waals surface area contributed by atoms with Crippen LogP contribution >= 0.6 is 11.3 Å². The molecule has 2 N–H and O–H groups in total. The molecule has 2 aromatic heterocycles. The van der Waals surface area contributed by atoms with Crippen molar-refractivity contribution in [3.05, 3.63) is 29.0 Å². The van der Waals surface area contributed by atoms with E-state index < -0.39 is 5.97 Å². The summed E-state index contributed by atoms with van der Waals surface area (Å²) in [6, 6.07) is 3.74. The number of hydrogen-bond donors (Lipinski definition) is 2. The van der Waals surface area contributed by atoms with Crippen LogP contribution < -0.4 is 0 Å². The third-order valence-electron chi connectivity index (χ3n) is 1.79. The maximum absolute atomic E-state index is 10.9. The highest BCUT2D eigenvalue weighted by Crippen LogP contribution is 2.25. The van der Waals surface area contributed by atoms with Gasteiger partial charge in [-0.05, 0) is 18.4 Å². The zero-order valence-electron chi connectivity index (χ0n) is 7.44. The summed E-state index contributed by atoms with van der Waals surface area (Å²) >= 11 is 1.49. The lowest BCUT2D eigenvalue weighted by Gasteiger charge is -1.93. The highest BCUT2D eigenvalue weighted by atomic mass is 32.1. The molecule has 4 nitrogen and oxygen atoms in total. The molecule has 0 aliphatic carbocycles. The normalized spacial score (nSPS) is 10.4. The molecule has 2 heterocycles. The summed E-state index contributed by atoms with van der Waals surface area (Å²) in [7, 11) is 0. The fourth-order valence-electron chi connectivity index (χ4n) is 1.25. The van der Waals surface area contributed by atoms with Gasteiger partial charge in [-0.3, -0.25) is 0 Å². The molecule has 2 aromatic rings. The highest BCUT2D eigenvalue weighted by Gasteiger charge is 2.16. The van der Waals surface area contributed by atoms with Crippen molar-refractivity contribution in [3.63, 3.8) is 0 Å². The molecule has 0 spiro atoms. The summed E-state index contributed by atoms with van der Waals surface area (Å²) < 4.78 is 0. The van der Waals surface area contributed by atoms with Gasteiger partial charge in [-0.15, -0.1) is 11.3 Å². The van der Waals surface area contributed by atoms with Crippen LogP contribution in [0, 0.1) is 6.92 Å². The van der Waals surface area contributed by atoms with E-state index in [1.54, 1.807) is 6.92 Å². The smallest absolute Gasteiger partial charge is 0.356 e. The highest BCUT2D eigenvalue weighted by molar-refractivity contribution is 7.13. The number of carboxylic acid groups (broad SMARTS) is 1. The second-order valence-corrected chi connectivity index (χ2v) is 3.78. The summed E-state index contributed by atoms with van der Waals surface area (Å²) in [6.07, 6.45) is 0. The number of nitrogens with one attached hydrogen (secondary N) is 1. The maximum atomic E-state index is 10.9. The van der Waals surface area contributed by atoms with Gasteiger partial charge in [0.05, 0.1) is 10.6 Å². The van der Waals surface area contributed by atoms with E-state index >= 15 is 0 Å². The predicted molar refractivity (Wildman–Crippen MR) is 53.6 cm³/mol. The summed E-state index contributed by atoms with van der Waals surface area (Å²) in [5, 5.41) is 10.8. The van der Waals surface area contributed by atoms with Crippen molar-refractivity contribution in [2.45, 2.75) is 6.92 Å². The summed E-state index contributed by atoms with van der Waals surface area (Å²) in [6.45, 7) is 1.74. The van der Waals surface area contributed by atoms with E-state index in [0.29, 0.717) is 11.5 Å². The van der Waals surface area contributed by atoms with E-state index in [1.165, 1.54) is 11.3 Å². The zero-order chi connectivity index (χ0) is 10.1. The van der Waals surface area contributed by atoms with E-state index in [1.807, 2.05) is 17.5 Å². The Bertz CT molecular complexity index is 459. The fraction of sp³-hybridized carbons (Fsp3) is 0.111. The Hall–Kier alpha value is -1.62. The minimum Gasteiger partial charge on any atom is -0.476 e. The van der Waals surface area contributed by atoms with E-state index in [2.05, 4.69) is 9.97 Å². The fourth-order valence-corrected chi connectivity index (χ4v) is 1.97. The van der Waals surface area contributed by atoms with Crippen LogP contribution in [-0.4, -0.2) is 21.0 Å². The summed E-state index contributed by atoms with van der Waals surface area (Å²) in [5.74, 6) is -0.386. The molecule has 0 saturated carbocycles. The average molecular weight is 208 g/mol. The van der Waals surface area contributed by atoms with Crippen LogP contribution in [0.2, 0.25) is 0 Å². The number of rotatable bonds is 2. The molecule has 14 heavy (non-hydrogen) atoms. The molecule has 0 aliphatic rings. The molecule has 0 amide bonds. The Morgan fingerprint density at radius 1 is 1.64 bits per heavy atom. The Labute approximate surface area is 84.2 Å². The minimum atomic E-state index is -1.00. The van der Waals surface area contributed by atoms with Gasteiger partial charge in [-0.25, -0.2) is 9.78 Å². The lowest BCUT2D eigenvalue weighted by atomic mass is 10.3. The van der Waals surface area contributed by atoms with Gasteiger partial charge in [0.1, 0.15) is 5.82 Å². The Kier molecular flexibility index (Phi) is 2.09. The first-order valence-corrected chi connectivity index (χ1v) is 4.90. The Morgan fingerprint density at radius 2 is 2.43 bits per heavy atom. The number of aromatic nitrogens is 2. The van der Waals surface area contributed by atoms with Crippen LogP contribution in [-0.2, 0) is 0 Å². The lowest BCUT2D eigenvalue weighted by Crippen LogP contribution is -1.98. The third-order valence-corrected chi connectivity index (χ3v) is 2.68. The zero-order valence-corrected chi connectivity index (χ0v) is 8.26. The third kappa shape index (κ3) is 1.42. The molecule has 0 radical (unpaired) electrons. The molecule has 0 bridgehead atoms. The van der Waals surface area contributed by atoms with Gasteiger partial charge in [0.25, 0.3) is 0 Å². The first kappa shape index (κ1) is 8.96. The Morgan fingerprint density at radius 3 is 3.00 bits per heavy atom. The minimum absolute atomic E-state index is 0.0879. The van der Waals surface area contributed by atoms with E-state index in [4.69, 9.17) is 5.11 Å². The molecular weight excluding hydrogens is 200 g/mol. The largest absolute Gasteiger partial charge is 0.476 e. The number of aromatic amines is 1. The van der Waals surface area contributed by atoms with Gasteiger partial charge >= 0.3 is 5.97 Å². The summed E-state index contributed by atoms with van der Waals surface area (Å²) in [5.41, 5.74) is 0.676. The number of imidazole rings is 1. The van der Waals surface area contributed by atoms with Crippen LogP contribution in [0.4, 0.5) is 0 Å². The number of thiophene rings is 1. The molecule has 0 unspecified atom stereocenters. The number of hydrogen-bond acceptors (Lipinski definition) is 3. The number of aromatic carboxylic acids is 1. The Balaban J connectivity index is 2.58. The topological polar surface area (TPSA) is 66.0 Å². The number of H-pyrrole nitrogens is 1. The van der Waals surface area contributed by atoms with E-state index in [-0.39, 0.29) is 5.69 Å². The molecule has 5 heteroatoms. The van der Waals surface area contributed by atoms with Gasteiger partial charge in [0.2, 0.25) is 0 Å². The molecular formula is C9H8N2O2S. The summed E-state index contributed by atoms with van der Waals surface area (Å²) in [4.78, 5) is 18.6. The molecule has 0 atom stereocenters. The van der Waals surface area contributed by atoms with E-state index in [0.717, 1.165) is 4.88 Å². The predicted octanol–water partition coefficient (Wildman–Crippen LogP) is 2.14. The monoisotopic (exact) mass is 208 g/mol. The van der Waals surface area contributed by atoms with Crippen LogP contribution in [0.3, 0.4) is 0 Å². The number of nitrogens with zero attached hydrogens (tertiary/aromatic N) is 1. The van der Waals surface area contributed by atoms with Crippen molar-refractivity contribution in [1.29, 1.82) is 0 Å². The first-order chi connectivity index (χ1) is 6.68. The molecule has 0 aromatic carbocycles. The van der Waals surface area contributed by atoms with Crippen molar-refractivity contribution in [2.24, 2.45) is 0 Å². The van der Waals surface area contributed by atoms with Crippen molar-refractivity contribution in [3.8, 4) is 10.6 Å². The number of aryl methyl sites for hydroxylation is 1. The van der Waals surface area contributed by atoms with Crippen LogP contribution in [0.1, 0.15) is 16.3 Å². The van der Waals surface area contributed by atoms with Crippen molar-refractivity contribution < 1.29 is 9.90 Å². The quantitative estimate of drug-likeness (QED) is 0.794. The lowest BCUT2D eigenvalue weighted by molar-refractivity contribution is 0.0692. The van der Waals surface area contributed by atoms with Crippen molar-refractivity contribution in [2.75, 3.05) is 0 Å². The van der Waals surface area contributed by atoms with Crippen molar-refractivity contribution >= 4 is 17.3 Å². The maximum Gasteiger partial charge on any atom is 0.356 e. The second-order valence-electron chi connectivity index (χ2n) is 2.83. The number of carbonyl (C=O) groups is 1. The van der Waals surface area contributed by atoms with Crippen LogP contribution in [0.15, 0.2) is 17.5 Å². The van der Waals surface area contributed by atoms with Gasteiger partial charge in [-0.2, -0.15) is 0 Å². The average Bonchev–Trinajstić information content (AvgIpc) is 2.70. The van der Waals surface area contributed by atoms with Crippen LogP contribution in [0.5, 0.6) is 0 Å². The molecule has 0 aliphatic heterocycles. The molecule has 72 valence electrons. The molecule has 2 rings (SSSR count). The second kappa shape index (κ2) is 3.26. The van der Waals surface area contributed by atoms with Gasteiger partial charge in [0.15, 0.2) is 5.69 Å². The van der Waals surface area contributed by atoms with Gasteiger partial charge in [0, 0.05) is 0 Å². The van der Waals surface area contributed by atoms with Crippen LogP contribution in [0.25, 0.3) is 10.6 Å². The number of carboxylic acids is 1. The van der Waals surface area contributed by atoms with Crippen molar-refractivity contribution in [1.82, 2.24) is 9.97 Å².